The van der Waals surface area contributed by atoms with Crippen molar-refractivity contribution in [1.82, 2.24) is 8.87 Å². The van der Waals surface area contributed by atoms with Crippen molar-refractivity contribution in [2.24, 2.45) is 5.92 Å². The molecule has 31 heavy (non-hydrogen) atoms. The van der Waals surface area contributed by atoms with Crippen molar-refractivity contribution in [3.05, 3.63) is 52.4 Å². The molecule has 1 saturated heterocycles. The van der Waals surface area contributed by atoms with Gasteiger partial charge in [-0.1, -0.05) is 6.92 Å². The maximum Gasteiger partial charge on any atom is 0.420 e. The molecule has 166 valence electrons. The van der Waals surface area contributed by atoms with Gasteiger partial charge in [-0.15, -0.1) is 0 Å². The average Bonchev–Trinajstić information content (AvgIpc) is 3.33. The molecule has 0 amide bonds. The van der Waals surface area contributed by atoms with Crippen molar-refractivity contribution in [1.29, 1.82) is 0 Å². The van der Waals surface area contributed by atoms with Gasteiger partial charge in [-0.05, 0) is 49.9 Å². The molecule has 0 atom stereocenters. The largest absolute Gasteiger partial charge is 0.460 e. The van der Waals surface area contributed by atoms with Gasteiger partial charge < -0.3 is 13.6 Å². The maximum absolute atomic E-state index is 13.0. The Bertz CT molecular complexity index is 1260. The summed E-state index contributed by atoms with van der Waals surface area (Å²) in [6, 6.07) is 7.47. The fraction of sp³-hybridized carbons (Fsp3) is 0.429. The lowest BCUT2D eigenvalue weighted by molar-refractivity contribution is 0.0488. The minimum Gasteiger partial charge on any atom is -0.460 e. The van der Waals surface area contributed by atoms with Crippen LogP contribution in [0.3, 0.4) is 0 Å². The van der Waals surface area contributed by atoms with Crippen LogP contribution in [0, 0.1) is 5.92 Å². The third-order valence-electron chi connectivity index (χ3n) is 5.47. The third-order valence-corrected chi connectivity index (χ3v) is 7.37. The fourth-order valence-electron chi connectivity index (χ4n) is 3.66. The number of carbonyl (C=O) groups excluding carboxylic acids is 1. The number of esters is 1. The van der Waals surface area contributed by atoms with Crippen LogP contribution < -0.4 is 5.76 Å². The standard InChI is InChI=1S/C21H24N2O7S/c1-3-28-20(24)18-7-4-15(29-18)13-23-17-6-5-16(12-19(17)30-21(23)25)31(26,27)22-10-8-14(2)9-11-22/h4-7,12,14H,3,8-11,13H2,1-2H3. The van der Waals surface area contributed by atoms with E-state index in [-0.39, 0.29) is 29.4 Å². The highest BCUT2D eigenvalue weighted by atomic mass is 32.2. The van der Waals surface area contributed by atoms with Crippen molar-refractivity contribution in [2.45, 2.75) is 38.1 Å². The summed E-state index contributed by atoms with van der Waals surface area (Å²) in [5, 5.41) is 0. The lowest BCUT2D eigenvalue weighted by Gasteiger charge is -2.29. The van der Waals surface area contributed by atoms with E-state index in [1.165, 1.54) is 27.1 Å². The minimum absolute atomic E-state index is 0.0291. The highest BCUT2D eigenvalue weighted by molar-refractivity contribution is 7.89. The zero-order chi connectivity index (χ0) is 22.2. The molecule has 4 rings (SSSR count). The first-order valence-corrected chi connectivity index (χ1v) is 11.6. The van der Waals surface area contributed by atoms with Crippen molar-refractivity contribution >= 4 is 27.1 Å². The molecule has 2 aromatic heterocycles. The van der Waals surface area contributed by atoms with E-state index in [2.05, 4.69) is 6.92 Å². The number of carbonyl (C=O) groups is 1. The molecule has 1 aromatic carbocycles. The van der Waals surface area contributed by atoms with Crippen molar-refractivity contribution < 1.29 is 26.8 Å². The summed E-state index contributed by atoms with van der Waals surface area (Å²) in [6.45, 7) is 5.02. The molecule has 0 N–H and O–H groups in total. The highest BCUT2D eigenvalue weighted by Gasteiger charge is 2.29. The Hall–Kier alpha value is -2.85. The van der Waals surface area contributed by atoms with Crippen LogP contribution >= 0.6 is 0 Å². The van der Waals surface area contributed by atoms with Gasteiger partial charge >= 0.3 is 11.7 Å². The van der Waals surface area contributed by atoms with Crippen LogP contribution in [-0.2, 0) is 21.3 Å². The molecular weight excluding hydrogens is 424 g/mol. The molecule has 1 fully saturated rings. The van der Waals surface area contributed by atoms with Gasteiger partial charge in [0.1, 0.15) is 5.76 Å². The summed E-state index contributed by atoms with van der Waals surface area (Å²) in [5.74, 6) is -0.314. The summed E-state index contributed by atoms with van der Waals surface area (Å²) < 4.78 is 44.4. The highest BCUT2D eigenvalue weighted by Crippen LogP contribution is 2.26. The molecular formula is C21H24N2O7S. The number of nitrogens with zero attached hydrogens (tertiary/aromatic N) is 2. The second kappa shape index (κ2) is 8.35. The van der Waals surface area contributed by atoms with E-state index in [9.17, 15) is 18.0 Å². The third kappa shape index (κ3) is 4.17. The van der Waals surface area contributed by atoms with E-state index in [1.807, 2.05) is 0 Å². The first-order chi connectivity index (χ1) is 14.8. The van der Waals surface area contributed by atoms with Crippen molar-refractivity contribution in [2.75, 3.05) is 19.7 Å². The number of hydrogen-bond donors (Lipinski definition) is 0. The molecule has 9 nitrogen and oxygen atoms in total. The predicted octanol–water partition coefficient (Wildman–Crippen LogP) is 2.83. The number of piperidine rings is 1. The van der Waals surface area contributed by atoms with Crippen molar-refractivity contribution in [3.63, 3.8) is 0 Å². The van der Waals surface area contributed by atoms with Crippen LogP contribution in [0.2, 0.25) is 0 Å². The lowest BCUT2D eigenvalue weighted by Crippen LogP contribution is -2.37. The Kier molecular flexibility index (Phi) is 5.76. The number of rotatable bonds is 6. The fourth-order valence-corrected chi connectivity index (χ4v) is 5.15. The summed E-state index contributed by atoms with van der Waals surface area (Å²) >= 11 is 0. The van der Waals surface area contributed by atoms with Gasteiger partial charge in [0.2, 0.25) is 15.8 Å². The van der Waals surface area contributed by atoms with Crippen LogP contribution in [-0.4, -0.2) is 43.0 Å². The zero-order valence-corrected chi connectivity index (χ0v) is 18.2. The van der Waals surface area contributed by atoms with E-state index in [1.54, 1.807) is 19.1 Å². The molecule has 0 unspecified atom stereocenters. The first kappa shape index (κ1) is 21.4. The van der Waals surface area contributed by atoms with Crippen LogP contribution in [0.25, 0.3) is 11.1 Å². The zero-order valence-electron chi connectivity index (χ0n) is 17.4. The number of ether oxygens (including phenoxy) is 1. The summed E-state index contributed by atoms with van der Waals surface area (Å²) in [7, 11) is -3.66. The topological polar surface area (TPSA) is 112 Å². The normalized spacial score (nSPS) is 16.1. The smallest absolute Gasteiger partial charge is 0.420 e. The SMILES string of the molecule is CCOC(=O)c1ccc(Cn2c(=O)oc3cc(S(=O)(=O)N4CCC(C)CC4)ccc32)o1. The maximum atomic E-state index is 13.0. The Morgan fingerprint density at radius 2 is 1.90 bits per heavy atom. The van der Waals surface area contributed by atoms with Crippen molar-refractivity contribution in [3.8, 4) is 0 Å². The first-order valence-electron chi connectivity index (χ1n) is 10.2. The van der Waals surface area contributed by atoms with Crippen LogP contribution in [0.15, 0.2) is 48.9 Å². The monoisotopic (exact) mass is 448 g/mol. The van der Waals surface area contributed by atoms with E-state index in [4.69, 9.17) is 13.6 Å². The van der Waals surface area contributed by atoms with Gasteiger partial charge in [0.15, 0.2) is 5.58 Å². The molecule has 0 spiro atoms. The van der Waals surface area contributed by atoms with Gasteiger partial charge in [0, 0.05) is 19.2 Å². The minimum atomic E-state index is -3.66. The van der Waals surface area contributed by atoms with Crippen LogP contribution in [0.5, 0.6) is 0 Å². The van der Waals surface area contributed by atoms with E-state index >= 15 is 0 Å². The Morgan fingerprint density at radius 1 is 1.16 bits per heavy atom. The van der Waals surface area contributed by atoms with Crippen LogP contribution in [0.1, 0.15) is 43.0 Å². The van der Waals surface area contributed by atoms with Crippen LogP contribution in [0.4, 0.5) is 0 Å². The van der Waals surface area contributed by atoms with Gasteiger partial charge in [0.05, 0.1) is 23.6 Å². The molecule has 0 aliphatic carbocycles. The quantitative estimate of drug-likeness (QED) is 0.533. The van der Waals surface area contributed by atoms with Gasteiger partial charge in [-0.25, -0.2) is 18.0 Å². The summed E-state index contributed by atoms with van der Waals surface area (Å²) in [6.07, 6.45) is 1.65. The summed E-state index contributed by atoms with van der Waals surface area (Å²) in [5.41, 5.74) is 0.610. The van der Waals surface area contributed by atoms with E-state index in [0.717, 1.165) is 12.8 Å². The molecule has 3 heterocycles. The Balaban J connectivity index is 1.61. The number of hydrogen-bond acceptors (Lipinski definition) is 7. The lowest BCUT2D eigenvalue weighted by atomic mass is 10.0. The molecule has 0 saturated carbocycles. The predicted molar refractivity (Wildman–Crippen MR) is 111 cm³/mol. The number of oxazole rings is 1. The molecule has 3 aromatic rings. The molecule has 1 aliphatic heterocycles. The van der Waals surface area contributed by atoms with Gasteiger partial charge in [-0.2, -0.15) is 4.31 Å². The Morgan fingerprint density at radius 3 is 2.61 bits per heavy atom. The number of fused-ring (bicyclic) bond motifs is 1. The number of benzene rings is 1. The number of sulfonamides is 1. The molecule has 10 heteroatoms. The van der Waals surface area contributed by atoms with Gasteiger partial charge in [0.25, 0.3) is 0 Å². The molecule has 0 bridgehead atoms. The summed E-state index contributed by atoms with van der Waals surface area (Å²) in [4.78, 5) is 24.2. The van der Waals surface area contributed by atoms with Gasteiger partial charge in [-0.3, -0.25) is 4.57 Å². The second-order valence-electron chi connectivity index (χ2n) is 7.66. The molecule has 0 radical (unpaired) electrons. The second-order valence-corrected chi connectivity index (χ2v) is 9.59. The van der Waals surface area contributed by atoms with E-state index < -0.39 is 21.7 Å². The number of aromatic nitrogens is 1. The Labute approximate surface area is 179 Å². The number of furan rings is 1. The average molecular weight is 448 g/mol. The van der Waals surface area contributed by atoms with E-state index in [0.29, 0.717) is 30.3 Å². The molecule has 1 aliphatic rings.